The Morgan fingerprint density at radius 2 is 2.23 bits per heavy atom. The number of hydrogen-bond donors (Lipinski definition) is 0. The lowest BCUT2D eigenvalue weighted by atomic mass is 10.3. The van der Waals surface area contributed by atoms with E-state index in [2.05, 4.69) is 22.5 Å². The molecule has 2 aromatic rings. The van der Waals surface area contributed by atoms with Gasteiger partial charge in [-0.2, -0.15) is 0 Å². The van der Waals surface area contributed by atoms with E-state index < -0.39 is 0 Å². The number of nitrogens with zero attached hydrogens (tertiary/aromatic N) is 2. The average Bonchev–Trinajstić information content (AvgIpc) is 3.00. The first kappa shape index (κ1) is 16.7. The summed E-state index contributed by atoms with van der Waals surface area (Å²) in [4.78, 5) is 27.0. The van der Waals surface area contributed by atoms with Crippen molar-refractivity contribution in [1.82, 2.24) is 9.47 Å². The maximum atomic E-state index is 12.4. The van der Waals surface area contributed by atoms with Gasteiger partial charge in [-0.05, 0) is 33.4 Å². The molecule has 0 fully saturated rings. The molecule has 0 saturated heterocycles. The quantitative estimate of drug-likeness (QED) is 0.691. The molecule has 2 heterocycles. The van der Waals surface area contributed by atoms with E-state index >= 15 is 0 Å². The van der Waals surface area contributed by atoms with Crippen LogP contribution in [0.3, 0.4) is 0 Å². The molecule has 0 aliphatic rings. The number of carbonyl (C=O) groups is 1. The number of aryl methyl sites for hydroxylation is 1. The summed E-state index contributed by atoms with van der Waals surface area (Å²) in [6.45, 7) is 5.16. The lowest BCUT2D eigenvalue weighted by Gasteiger charge is -2.20. The van der Waals surface area contributed by atoms with Gasteiger partial charge in [0.05, 0.1) is 6.54 Å². The highest BCUT2D eigenvalue weighted by atomic mass is 79.9. The number of rotatable bonds is 7. The van der Waals surface area contributed by atoms with Crippen molar-refractivity contribution in [2.24, 2.45) is 0 Å². The van der Waals surface area contributed by atoms with Crippen molar-refractivity contribution in [2.75, 3.05) is 6.54 Å². The van der Waals surface area contributed by atoms with Crippen molar-refractivity contribution < 1.29 is 4.79 Å². The first-order valence-corrected chi connectivity index (χ1v) is 8.54. The van der Waals surface area contributed by atoms with Crippen LogP contribution in [-0.4, -0.2) is 21.9 Å². The van der Waals surface area contributed by atoms with Gasteiger partial charge in [0.2, 0.25) is 5.91 Å². The molecule has 0 spiro atoms. The Morgan fingerprint density at radius 1 is 1.41 bits per heavy atom. The summed E-state index contributed by atoms with van der Waals surface area (Å²) in [6.07, 6.45) is 3.71. The molecule has 1 amide bonds. The molecule has 0 aliphatic carbocycles. The average molecular weight is 381 g/mol. The normalized spacial score (nSPS) is 10.4. The van der Waals surface area contributed by atoms with Crippen LogP contribution in [0, 0.1) is 0 Å². The number of amides is 1. The smallest absolute Gasteiger partial charge is 0.250 e. The molecule has 6 heteroatoms. The maximum Gasteiger partial charge on any atom is 0.250 e. The van der Waals surface area contributed by atoms with E-state index in [1.807, 2.05) is 17.5 Å². The van der Waals surface area contributed by atoms with Crippen LogP contribution in [0.2, 0.25) is 0 Å². The van der Waals surface area contributed by atoms with Crippen molar-refractivity contribution in [3.63, 3.8) is 0 Å². The minimum atomic E-state index is -0.107. The Kier molecular flexibility index (Phi) is 6.15. The van der Waals surface area contributed by atoms with E-state index in [1.165, 1.54) is 6.07 Å². The largest absolute Gasteiger partial charge is 0.334 e. The first-order chi connectivity index (χ1) is 10.6. The van der Waals surface area contributed by atoms with Gasteiger partial charge in [0.15, 0.2) is 0 Å². The lowest BCUT2D eigenvalue weighted by molar-refractivity contribution is -0.131. The summed E-state index contributed by atoms with van der Waals surface area (Å²) >= 11 is 4.95. The van der Waals surface area contributed by atoms with Crippen molar-refractivity contribution in [2.45, 2.75) is 19.5 Å². The molecule has 2 rings (SSSR count). The predicted octanol–water partition coefficient (Wildman–Crippen LogP) is 3.28. The van der Waals surface area contributed by atoms with Crippen molar-refractivity contribution >= 4 is 33.2 Å². The Labute approximate surface area is 141 Å². The molecule has 0 aromatic carbocycles. The van der Waals surface area contributed by atoms with Gasteiger partial charge in [-0.3, -0.25) is 9.59 Å². The van der Waals surface area contributed by atoms with Crippen LogP contribution >= 0.6 is 27.3 Å². The monoisotopic (exact) mass is 380 g/mol. The van der Waals surface area contributed by atoms with Gasteiger partial charge >= 0.3 is 0 Å². The van der Waals surface area contributed by atoms with Gasteiger partial charge in [0.25, 0.3) is 5.56 Å². The second-order valence-electron chi connectivity index (χ2n) is 4.77. The molecule has 0 unspecified atom stereocenters. The SMILES string of the molecule is C=CCN(Cc1cccs1)C(=O)CCn1cc(Br)ccc1=O. The van der Waals surface area contributed by atoms with E-state index in [1.54, 1.807) is 39.1 Å². The third-order valence-corrected chi connectivity index (χ3v) is 4.47. The van der Waals surface area contributed by atoms with Crippen molar-refractivity contribution in [1.29, 1.82) is 0 Å². The number of carbonyl (C=O) groups excluding carboxylic acids is 1. The van der Waals surface area contributed by atoms with Gasteiger partial charge in [-0.15, -0.1) is 17.9 Å². The van der Waals surface area contributed by atoms with Crippen LogP contribution in [0.15, 0.2) is 57.8 Å². The summed E-state index contributed by atoms with van der Waals surface area (Å²) in [6, 6.07) is 7.16. The minimum Gasteiger partial charge on any atom is -0.334 e. The number of halogens is 1. The Bertz CT molecular complexity index is 694. The number of aromatic nitrogens is 1. The standard InChI is InChI=1S/C16H17BrN2O2S/c1-2-8-18(12-14-4-3-10-22-14)16(21)7-9-19-11-13(17)5-6-15(19)20/h2-6,10-11H,1,7-9,12H2. The molecule has 0 saturated carbocycles. The molecule has 0 N–H and O–H groups in total. The summed E-state index contributed by atoms with van der Waals surface area (Å²) in [5.74, 6) is 0.0141. The summed E-state index contributed by atoms with van der Waals surface area (Å²) in [7, 11) is 0. The van der Waals surface area contributed by atoms with Crippen LogP contribution in [0.5, 0.6) is 0 Å². The predicted molar refractivity (Wildman–Crippen MR) is 93.0 cm³/mol. The van der Waals surface area contributed by atoms with Crippen molar-refractivity contribution in [3.05, 3.63) is 68.2 Å². The van der Waals surface area contributed by atoms with Crippen LogP contribution in [0.25, 0.3) is 0 Å². The highest BCUT2D eigenvalue weighted by molar-refractivity contribution is 9.10. The van der Waals surface area contributed by atoms with Gasteiger partial charge in [-0.25, -0.2) is 0 Å². The van der Waals surface area contributed by atoms with E-state index in [9.17, 15) is 9.59 Å². The Hall–Kier alpha value is -1.66. The number of pyridine rings is 1. The molecule has 0 aliphatic heterocycles. The molecule has 0 atom stereocenters. The second-order valence-corrected chi connectivity index (χ2v) is 6.72. The number of thiophene rings is 1. The fraction of sp³-hybridized carbons (Fsp3) is 0.250. The first-order valence-electron chi connectivity index (χ1n) is 6.87. The van der Waals surface area contributed by atoms with Gasteiger partial charge in [-0.1, -0.05) is 12.1 Å². The summed E-state index contributed by atoms with van der Waals surface area (Å²) in [5.41, 5.74) is -0.107. The summed E-state index contributed by atoms with van der Waals surface area (Å²) < 4.78 is 2.36. The lowest BCUT2D eigenvalue weighted by Crippen LogP contribution is -2.32. The van der Waals surface area contributed by atoms with E-state index in [0.29, 0.717) is 19.6 Å². The maximum absolute atomic E-state index is 12.4. The zero-order valence-electron chi connectivity index (χ0n) is 12.1. The van der Waals surface area contributed by atoms with Gasteiger partial charge < -0.3 is 9.47 Å². The van der Waals surface area contributed by atoms with Gasteiger partial charge in [0.1, 0.15) is 0 Å². The van der Waals surface area contributed by atoms with E-state index in [-0.39, 0.29) is 17.9 Å². The van der Waals surface area contributed by atoms with Crippen LogP contribution in [0.1, 0.15) is 11.3 Å². The Balaban J connectivity index is 2.00. The highest BCUT2D eigenvalue weighted by Gasteiger charge is 2.13. The van der Waals surface area contributed by atoms with Crippen LogP contribution < -0.4 is 5.56 Å². The third kappa shape index (κ3) is 4.68. The van der Waals surface area contributed by atoms with Crippen LogP contribution in [0.4, 0.5) is 0 Å². The fourth-order valence-electron chi connectivity index (χ4n) is 2.05. The molecule has 0 bridgehead atoms. The molecular formula is C16H17BrN2O2S. The van der Waals surface area contributed by atoms with Gasteiger partial charge in [0, 0.05) is 41.1 Å². The zero-order chi connectivity index (χ0) is 15.9. The molecule has 4 nitrogen and oxygen atoms in total. The third-order valence-electron chi connectivity index (χ3n) is 3.14. The molecule has 0 radical (unpaired) electrons. The zero-order valence-corrected chi connectivity index (χ0v) is 14.5. The van der Waals surface area contributed by atoms with E-state index in [4.69, 9.17) is 0 Å². The Morgan fingerprint density at radius 3 is 2.91 bits per heavy atom. The molecular weight excluding hydrogens is 364 g/mol. The van der Waals surface area contributed by atoms with Crippen LogP contribution in [-0.2, 0) is 17.9 Å². The fourth-order valence-corrected chi connectivity index (χ4v) is 3.15. The highest BCUT2D eigenvalue weighted by Crippen LogP contribution is 2.13. The molecule has 116 valence electrons. The summed E-state index contributed by atoms with van der Waals surface area (Å²) in [5, 5.41) is 1.99. The topological polar surface area (TPSA) is 42.3 Å². The molecule has 2 aromatic heterocycles. The van der Waals surface area contributed by atoms with E-state index in [0.717, 1.165) is 9.35 Å². The van der Waals surface area contributed by atoms with Crippen molar-refractivity contribution in [3.8, 4) is 0 Å². The second kappa shape index (κ2) is 8.10. The number of hydrogen-bond acceptors (Lipinski definition) is 3. The molecule has 22 heavy (non-hydrogen) atoms. The minimum absolute atomic E-state index is 0.0141.